The molecular weight excluding hydrogens is 190 g/mol. The SMILES string of the molecule is C=CC[C@]1(c2ccccc2)COC(=O)N1. The molecule has 2 rings (SSSR count). The van der Waals surface area contributed by atoms with Crippen LogP contribution < -0.4 is 5.32 Å². The molecule has 1 aliphatic rings. The zero-order chi connectivity index (χ0) is 10.7. The summed E-state index contributed by atoms with van der Waals surface area (Å²) in [6.07, 6.45) is 2.10. The third kappa shape index (κ3) is 1.73. The lowest BCUT2D eigenvalue weighted by Gasteiger charge is -2.25. The van der Waals surface area contributed by atoms with Gasteiger partial charge in [0.2, 0.25) is 0 Å². The number of rotatable bonds is 3. The van der Waals surface area contributed by atoms with Gasteiger partial charge in [0.1, 0.15) is 12.1 Å². The molecule has 0 saturated carbocycles. The molecule has 78 valence electrons. The number of nitrogens with one attached hydrogen (secondary N) is 1. The van der Waals surface area contributed by atoms with Crippen LogP contribution in [0.5, 0.6) is 0 Å². The molecule has 0 aromatic heterocycles. The molecule has 0 radical (unpaired) electrons. The highest BCUT2D eigenvalue weighted by Crippen LogP contribution is 2.29. The smallest absolute Gasteiger partial charge is 0.408 e. The van der Waals surface area contributed by atoms with Crippen LogP contribution in [0.2, 0.25) is 0 Å². The van der Waals surface area contributed by atoms with Gasteiger partial charge in [0.15, 0.2) is 0 Å². The first-order valence-electron chi connectivity index (χ1n) is 4.88. The van der Waals surface area contributed by atoms with Crippen LogP contribution in [0.3, 0.4) is 0 Å². The topological polar surface area (TPSA) is 38.3 Å². The van der Waals surface area contributed by atoms with Crippen molar-refractivity contribution in [3.8, 4) is 0 Å². The van der Waals surface area contributed by atoms with Crippen LogP contribution >= 0.6 is 0 Å². The van der Waals surface area contributed by atoms with Gasteiger partial charge in [-0.2, -0.15) is 0 Å². The van der Waals surface area contributed by atoms with Crippen LogP contribution in [-0.4, -0.2) is 12.7 Å². The molecule has 0 unspecified atom stereocenters. The van der Waals surface area contributed by atoms with Crippen LogP contribution in [0, 0.1) is 0 Å². The number of benzene rings is 1. The molecule has 0 spiro atoms. The number of amides is 1. The fourth-order valence-electron chi connectivity index (χ4n) is 1.84. The van der Waals surface area contributed by atoms with E-state index in [0.717, 1.165) is 5.56 Å². The van der Waals surface area contributed by atoms with Crippen molar-refractivity contribution in [1.82, 2.24) is 5.32 Å². The van der Waals surface area contributed by atoms with E-state index in [1.54, 1.807) is 6.08 Å². The Bertz CT molecular complexity index is 374. The molecule has 1 saturated heterocycles. The minimum Gasteiger partial charge on any atom is -0.447 e. The van der Waals surface area contributed by atoms with Gasteiger partial charge in [0.05, 0.1) is 0 Å². The maximum absolute atomic E-state index is 11.1. The van der Waals surface area contributed by atoms with Crippen LogP contribution in [0.4, 0.5) is 4.79 Å². The second-order valence-corrected chi connectivity index (χ2v) is 3.64. The molecule has 1 fully saturated rings. The van der Waals surface area contributed by atoms with E-state index in [2.05, 4.69) is 11.9 Å². The number of hydrogen-bond acceptors (Lipinski definition) is 2. The quantitative estimate of drug-likeness (QED) is 0.765. The highest BCUT2D eigenvalue weighted by Gasteiger charge is 2.39. The molecule has 3 nitrogen and oxygen atoms in total. The standard InChI is InChI=1S/C12H13NO2/c1-2-8-12(9-15-11(14)13-12)10-6-4-3-5-7-10/h2-7H,1,8-9H2,(H,13,14)/t12-/m1/s1. The predicted octanol–water partition coefficient (Wildman–Crippen LogP) is 2.20. The fourth-order valence-corrected chi connectivity index (χ4v) is 1.84. The lowest BCUT2D eigenvalue weighted by molar-refractivity contribution is 0.172. The lowest BCUT2D eigenvalue weighted by Crippen LogP contribution is -2.39. The molecule has 1 N–H and O–H groups in total. The summed E-state index contributed by atoms with van der Waals surface area (Å²) < 4.78 is 4.98. The normalized spacial score (nSPS) is 24.4. The van der Waals surface area contributed by atoms with E-state index in [1.165, 1.54) is 0 Å². The molecule has 1 aliphatic heterocycles. The monoisotopic (exact) mass is 203 g/mol. The van der Waals surface area contributed by atoms with Gasteiger partial charge in [0.25, 0.3) is 0 Å². The summed E-state index contributed by atoms with van der Waals surface area (Å²) in [4.78, 5) is 11.1. The molecule has 1 aromatic rings. The van der Waals surface area contributed by atoms with E-state index in [1.807, 2.05) is 30.3 Å². The molecule has 3 heteroatoms. The van der Waals surface area contributed by atoms with Gasteiger partial charge < -0.3 is 10.1 Å². The first kappa shape index (κ1) is 9.77. The Hall–Kier alpha value is -1.77. The Labute approximate surface area is 88.8 Å². The van der Waals surface area contributed by atoms with Crippen molar-refractivity contribution < 1.29 is 9.53 Å². The number of alkyl carbamates (subject to hydrolysis) is 1. The number of ether oxygens (including phenoxy) is 1. The number of carbonyl (C=O) groups is 1. The van der Waals surface area contributed by atoms with Crippen LogP contribution in [0.15, 0.2) is 43.0 Å². The Balaban J connectivity index is 2.35. The number of cyclic esters (lactones) is 1. The molecule has 0 aliphatic carbocycles. The minimum atomic E-state index is -0.430. The molecular formula is C12H13NO2. The fraction of sp³-hybridized carbons (Fsp3) is 0.250. The van der Waals surface area contributed by atoms with E-state index in [0.29, 0.717) is 13.0 Å². The van der Waals surface area contributed by atoms with Gasteiger partial charge in [-0.1, -0.05) is 36.4 Å². The van der Waals surface area contributed by atoms with Gasteiger partial charge in [-0.15, -0.1) is 6.58 Å². The summed E-state index contributed by atoms with van der Waals surface area (Å²) >= 11 is 0. The predicted molar refractivity (Wildman–Crippen MR) is 57.4 cm³/mol. The summed E-state index contributed by atoms with van der Waals surface area (Å²) in [7, 11) is 0. The third-order valence-electron chi connectivity index (χ3n) is 2.61. The minimum absolute atomic E-state index is 0.360. The maximum Gasteiger partial charge on any atom is 0.408 e. The van der Waals surface area contributed by atoms with Crippen LogP contribution in [-0.2, 0) is 10.3 Å². The first-order valence-corrected chi connectivity index (χ1v) is 4.88. The van der Waals surface area contributed by atoms with Gasteiger partial charge in [0, 0.05) is 0 Å². The highest BCUT2D eigenvalue weighted by molar-refractivity contribution is 5.71. The second-order valence-electron chi connectivity index (χ2n) is 3.64. The van der Waals surface area contributed by atoms with E-state index in [-0.39, 0.29) is 6.09 Å². The van der Waals surface area contributed by atoms with Gasteiger partial charge >= 0.3 is 6.09 Å². The van der Waals surface area contributed by atoms with Crippen molar-refractivity contribution in [2.24, 2.45) is 0 Å². The van der Waals surface area contributed by atoms with Crippen molar-refractivity contribution in [3.05, 3.63) is 48.6 Å². The Morgan fingerprint density at radius 2 is 2.20 bits per heavy atom. The lowest BCUT2D eigenvalue weighted by atomic mass is 9.88. The largest absolute Gasteiger partial charge is 0.447 e. The first-order chi connectivity index (χ1) is 7.27. The van der Waals surface area contributed by atoms with E-state index in [4.69, 9.17) is 4.74 Å². The maximum atomic E-state index is 11.1. The molecule has 1 amide bonds. The van der Waals surface area contributed by atoms with Crippen molar-refractivity contribution in [3.63, 3.8) is 0 Å². The molecule has 0 bridgehead atoms. The molecule has 1 atom stereocenters. The molecule has 1 heterocycles. The summed E-state index contributed by atoms with van der Waals surface area (Å²) in [5.41, 5.74) is 0.621. The summed E-state index contributed by atoms with van der Waals surface area (Å²) in [5.74, 6) is 0. The van der Waals surface area contributed by atoms with Gasteiger partial charge in [-0.25, -0.2) is 4.79 Å². The van der Waals surface area contributed by atoms with E-state index < -0.39 is 5.54 Å². The highest BCUT2D eigenvalue weighted by atomic mass is 16.6. The zero-order valence-corrected chi connectivity index (χ0v) is 8.40. The van der Waals surface area contributed by atoms with Crippen molar-refractivity contribution >= 4 is 6.09 Å². The summed E-state index contributed by atoms with van der Waals surface area (Å²) in [6, 6.07) is 9.81. The second kappa shape index (κ2) is 3.77. The number of hydrogen-bond donors (Lipinski definition) is 1. The summed E-state index contributed by atoms with van der Waals surface area (Å²) in [6.45, 7) is 4.08. The Morgan fingerprint density at radius 1 is 1.47 bits per heavy atom. The average Bonchev–Trinajstić information content (AvgIpc) is 2.63. The van der Waals surface area contributed by atoms with Crippen molar-refractivity contribution in [2.45, 2.75) is 12.0 Å². The van der Waals surface area contributed by atoms with Crippen LogP contribution in [0.1, 0.15) is 12.0 Å². The van der Waals surface area contributed by atoms with Crippen LogP contribution in [0.25, 0.3) is 0 Å². The van der Waals surface area contributed by atoms with E-state index in [9.17, 15) is 4.79 Å². The van der Waals surface area contributed by atoms with Crippen molar-refractivity contribution in [2.75, 3.05) is 6.61 Å². The van der Waals surface area contributed by atoms with E-state index >= 15 is 0 Å². The zero-order valence-electron chi connectivity index (χ0n) is 8.40. The molecule has 15 heavy (non-hydrogen) atoms. The molecule has 1 aromatic carbocycles. The third-order valence-corrected chi connectivity index (χ3v) is 2.61. The number of carbonyl (C=O) groups excluding carboxylic acids is 1. The average molecular weight is 203 g/mol. The van der Waals surface area contributed by atoms with Gasteiger partial charge in [-0.05, 0) is 12.0 Å². The summed E-state index contributed by atoms with van der Waals surface area (Å²) in [5, 5.41) is 2.85. The Kier molecular flexibility index (Phi) is 2.46. The van der Waals surface area contributed by atoms with Gasteiger partial charge in [-0.3, -0.25) is 0 Å². The Morgan fingerprint density at radius 3 is 2.73 bits per heavy atom. The van der Waals surface area contributed by atoms with Crippen molar-refractivity contribution in [1.29, 1.82) is 0 Å².